The molecule has 2 aromatic carbocycles. The smallest absolute Gasteiger partial charge is 0.416 e. The van der Waals surface area contributed by atoms with Gasteiger partial charge in [-0.25, -0.2) is 13.1 Å². The van der Waals surface area contributed by atoms with Gasteiger partial charge in [0.15, 0.2) is 6.29 Å². The number of benzene rings is 2. The maximum atomic E-state index is 12.6. The highest BCUT2D eigenvalue weighted by atomic mass is 32.2. The first-order chi connectivity index (χ1) is 16.0. The summed E-state index contributed by atoms with van der Waals surface area (Å²) in [6.45, 7) is 1.99. The summed E-state index contributed by atoms with van der Waals surface area (Å²) >= 11 is 0. The van der Waals surface area contributed by atoms with Gasteiger partial charge in [0.1, 0.15) is 12.4 Å². The van der Waals surface area contributed by atoms with Gasteiger partial charge in [-0.3, -0.25) is 0 Å². The van der Waals surface area contributed by atoms with Crippen molar-refractivity contribution in [1.29, 1.82) is 0 Å². The van der Waals surface area contributed by atoms with Crippen LogP contribution in [0, 0.1) is 12.8 Å². The fraction of sp³-hybridized carbons (Fsp3) is 0.333. The van der Waals surface area contributed by atoms with Crippen LogP contribution in [0.4, 0.5) is 13.2 Å². The van der Waals surface area contributed by atoms with E-state index >= 15 is 0 Å². The Morgan fingerprint density at radius 2 is 1.85 bits per heavy atom. The minimum atomic E-state index is -4.37. The number of hydrogen-bond acceptors (Lipinski definition) is 5. The third-order valence-electron chi connectivity index (χ3n) is 5.49. The molecule has 0 aliphatic heterocycles. The molecule has 0 spiro atoms. The summed E-state index contributed by atoms with van der Waals surface area (Å²) in [6.07, 6.45) is 0.570. The Labute approximate surface area is 196 Å². The Balaban J connectivity index is 1.46. The zero-order valence-corrected chi connectivity index (χ0v) is 19.2. The highest BCUT2D eigenvalue weighted by molar-refractivity contribution is 7.89. The van der Waals surface area contributed by atoms with E-state index in [0.29, 0.717) is 29.7 Å². The molecule has 0 saturated carbocycles. The van der Waals surface area contributed by atoms with Crippen LogP contribution in [-0.4, -0.2) is 25.2 Å². The maximum absolute atomic E-state index is 12.6. The first-order valence-corrected chi connectivity index (χ1v) is 12.1. The summed E-state index contributed by atoms with van der Waals surface area (Å²) in [5.41, 5.74) is 0.614. The second-order valence-corrected chi connectivity index (χ2v) is 9.79. The van der Waals surface area contributed by atoms with Crippen molar-refractivity contribution >= 4 is 10.0 Å². The van der Waals surface area contributed by atoms with Gasteiger partial charge in [-0.15, -0.1) is 0 Å². The molecule has 1 atom stereocenters. The molecule has 0 aromatic heterocycles. The van der Waals surface area contributed by atoms with E-state index in [1.807, 2.05) is 12.2 Å². The van der Waals surface area contributed by atoms with Gasteiger partial charge in [0.25, 0.3) is 0 Å². The van der Waals surface area contributed by atoms with Crippen molar-refractivity contribution in [2.75, 3.05) is 6.54 Å². The number of nitrogens with one attached hydrogen (secondary N) is 1. The van der Waals surface area contributed by atoms with E-state index in [-0.39, 0.29) is 29.5 Å². The molecular weight excluding hydrogens is 471 g/mol. The molecule has 0 radical (unpaired) electrons. The molecule has 2 aromatic rings. The van der Waals surface area contributed by atoms with Crippen molar-refractivity contribution in [2.24, 2.45) is 5.92 Å². The summed E-state index contributed by atoms with van der Waals surface area (Å²) in [7, 11) is -3.80. The summed E-state index contributed by atoms with van der Waals surface area (Å²) in [6, 6.07) is 8.96. The van der Waals surface area contributed by atoms with Crippen LogP contribution in [0.5, 0.6) is 0 Å². The average Bonchev–Trinajstić information content (AvgIpc) is 2.78. The molecule has 0 heterocycles. The predicted octanol–water partition coefficient (Wildman–Crippen LogP) is 4.34. The second-order valence-electron chi connectivity index (χ2n) is 8.02. The van der Waals surface area contributed by atoms with Gasteiger partial charge in [0, 0.05) is 12.1 Å². The highest BCUT2D eigenvalue weighted by Crippen LogP contribution is 2.29. The predicted molar refractivity (Wildman–Crippen MR) is 120 cm³/mol. The van der Waals surface area contributed by atoms with E-state index in [0.717, 1.165) is 12.1 Å². The molecule has 6 nitrogen and oxygen atoms in total. The van der Waals surface area contributed by atoms with E-state index in [1.54, 1.807) is 13.0 Å². The molecule has 0 saturated heterocycles. The number of hydrogen-bond donors (Lipinski definition) is 3. The lowest BCUT2D eigenvalue weighted by molar-refractivity contribution is -0.137. The van der Waals surface area contributed by atoms with Crippen molar-refractivity contribution in [2.45, 2.75) is 43.7 Å². The normalized spacial score (nSPS) is 16.6. The lowest BCUT2D eigenvalue weighted by atomic mass is 9.97. The largest absolute Gasteiger partial charge is 0.489 e. The Hall–Kier alpha value is -2.66. The monoisotopic (exact) mass is 497 g/mol. The van der Waals surface area contributed by atoms with Crippen LogP contribution < -0.4 is 4.72 Å². The Morgan fingerprint density at radius 1 is 1.15 bits per heavy atom. The standard InChI is InChI=1S/C24H26F3NO5S/c1-16-2-11-21(14-22(16)23(29)30)34(31,32)28-13-12-17-5-9-20(10-6-17)33-15-18-3-7-19(8-4-18)24(25,26)27/h2-5,7-11,14,17,23,28-30H,6,12-13,15H2,1H3. The number of ether oxygens (including phenoxy) is 1. The van der Waals surface area contributed by atoms with Gasteiger partial charge in [0.05, 0.1) is 10.5 Å². The van der Waals surface area contributed by atoms with Crippen molar-refractivity contribution in [3.8, 4) is 0 Å². The van der Waals surface area contributed by atoms with Gasteiger partial charge < -0.3 is 14.9 Å². The fourth-order valence-electron chi connectivity index (χ4n) is 3.45. The van der Waals surface area contributed by atoms with Crippen molar-refractivity contribution < 1.29 is 36.5 Å². The van der Waals surface area contributed by atoms with E-state index in [2.05, 4.69) is 4.72 Å². The van der Waals surface area contributed by atoms with Crippen LogP contribution >= 0.6 is 0 Å². The van der Waals surface area contributed by atoms with Gasteiger partial charge >= 0.3 is 6.18 Å². The lowest BCUT2D eigenvalue weighted by Gasteiger charge is -2.17. The van der Waals surface area contributed by atoms with Gasteiger partial charge in [-0.05, 0) is 73.2 Å². The number of rotatable bonds is 9. The number of aliphatic hydroxyl groups is 2. The van der Waals surface area contributed by atoms with E-state index < -0.39 is 28.1 Å². The highest BCUT2D eigenvalue weighted by Gasteiger charge is 2.29. The third kappa shape index (κ3) is 6.92. The van der Waals surface area contributed by atoms with Gasteiger partial charge in [-0.2, -0.15) is 13.2 Å². The van der Waals surface area contributed by atoms with Crippen LogP contribution in [0.3, 0.4) is 0 Å². The Kier molecular flexibility index (Phi) is 8.19. The Bertz CT molecular complexity index is 1160. The second kappa shape index (κ2) is 10.7. The quantitative estimate of drug-likeness (QED) is 0.448. The van der Waals surface area contributed by atoms with Crippen LogP contribution in [0.15, 0.2) is 71.3 Å². The number of sulfonamides is 1. The molecule has 1 unspecified atom stereocenters. The number of halogens is 3. The lowest BCUT2D eigenvalue weighted by Crippen LogP contribution is -2.26. The average molecular weight is 498 g/mol. The molecule has 3 N–H and O–H groups in total. The SMILES string of the molecule is Cc1ccc(S(=O)(=O)NCCC2C=CC(OCc3ccc(C(F)(F)F)cc3)=CC2)cc1C(O)O. The molecule has 34 heavy (non-hydrogen) atoms. The Morgan fingerprint density at radius 3 is 2.44 bits per heavy atom. The fourth-order valence-corrected chi connectivity index (χ4v) is 4.53. The zero-order valence-electron chi connectivity index (χ0n) is 18.4. The van der Waals surface area contributed by atoms with Crippen molar-refractivity contribution in [1.82, 2.24) is 4.72 Å². The van der Waals surface area contributed by atoms with Gasteiger partial charge in [0.2, 0.25) is 10.0 Å². The van der Waals surface area contributed by atoms with E-state index in [1.165, 1.54) is 30.3 Å². The topological polar surface area (TPSA) is 95.9 Å². The van der Waals surface area contributed by atoms with Crippen molar-refractivity contribution in [3.05, 3.63) is 88.7 Å². The zero-order chi connectivity index (χ0) is 24.9. The minimum absolute atomic E-state index is 0.0424. The van der Waals surface area contributed by atoms with Crippen LogP contribution in [-0.2, 0) is 27.5 Å². The van der Waals surface area contributed by atoms with Crippen LogP contribution in [0.1, 0.15) is 41.4 Å². The number of aliphatic hydroxyl groups excluding tert-OH is 1. The first kappa shape index (κ1) is 26.0. The summed E-state index contributed by atoms with van der Waals surface area (Å²) in [5, 5.41) is 18.8. The molecular formula is C24H26F3NO5S. The molecule has 0 amide bonds. The molecule has 0 fully saturated rings. The van der Waals surface area contributed by atoms with E-state index in [9.17, 15) is 31.8 Å². The van der Waals surface area contributed by atoms with Crippen LogP contribution in [0.2, 0.25) is 0 Å². The van der Waals surface area contributed by atoms with Crippen molar-refractivity contribution in [3.63, 3.8) is 0 Å². The summed E-state index contributed by atoms with van der Waals surface area (Å²) in [4.78, 5) is -0.0424. The maximum Gasteiger partial charge on any atom is 0.416 e. The molecule has 184 valence electrons. The van der Waals surface area contributed by atoms with Crippen LogP contribution in [0.25, 0.3) is 0 Å². The number of aryl methyl sites for hydroxylation is 1. The minimum Gasteiger partial charge on any atom is -0.489 e. The van der Waals surface area contributed by atoms with E-state index in [4.69, 9.17) is 4.74 Å². The first-order valence-electron chi connectivity index (χ1n) is 10.6. The molecule has 1 aliphatic carbocycles. The van der Waals surface area contributed by atoms with Gasteiger partial charge in [-0.1, -0.05) is 24.3 Å². The molecule has 10 heteroatoms. The summed E-state index contributed by atoms with van der Waals surface area (Å²) < 4.78 is 71.1. The molecule has 1 aliphatic rings. The number of alkyl halides is 3. The molecule has 3 rings (SSSR count). The summed E-state index contributed by atoms with van der Waals surface area (Å²) in [5.74, 6) is 0.695. The number of allylic oxidation sites excluding steroid dienone is 3. The molecule has 0 bridgehead atoms. The third-order valence-corrected chi connectivity index (χ3v) is 6.95.